The maximum absolute atomic E-state index is 12.4. The SMILES string of the molecule is CN=C(NCCCOCCOC)N1CCN(C(=O)C2CCCO2)CC1.I. The Morgan fingerprint density at radius 3 is 2.54 bits per heavy atom. The van der Waals surface area contributed by atoms with Crippen molar-refractivity contribution in [1.29, 1.82) is 0 Å². The molecule has 2 fully saturated rings. The van der Waals surface area contributed by atoms with E-state index in [-0.39, 0.29) is 36.0 Å². The molecule has 152 valence electrons. The summed E-state index contributed by atoms with van der Waals surface area (Å²) in [5, 5.41) is 3.37. The molecule has 2 saturated heterocycles. The third kappa shape index (κ3) is 7.53. The van der Waals surface area contributed by atoms with Gasteiger partial charge in [-0.15, -0.1) is 24.0 Å². The van der Waals surface area contributed by atoms with Crippen LogP contribution in [-0.2, 0) is 19.0 Å². The fourth-order valence-corrected chi connectivity index (χ4v) is 3.07. The quantitative estimate of drug-likeness (QED) is 0.235. The second-order valence-corrected chi connectivity index (χ2v) is 6.25. The predicted molar refractivity (Wildman–Crippen MR) is 111 cm³/mol. The molecular weight excluding hydrogens is 451 g/mol. The Hall–Kier alpha value is -0.650. The van der Waals surface area contributed by atoms with Crippen LogP contribution in [0.2, 0.25) is 0 Å². The zero-order valence-electron chi connectivity index (χ0n) is 15.9. The molecule has 1 amide bonds. The molecule has 0 saturated carbocycles. The molecule has 0 aromatic heterocycles. The van der Waals surface area contributed by atoms with E-state index in [2.05, 4.69) is 15.2 Å². The molecule has 2 heterocycles. The summed E-state index contributed by atoms with van der Waals surface area (Å²) in [6.07, 6.45) is 2.54. The van der Waals surface area contributed by atoms with E-state index in [0.717, 1.165) is 57.9 Å². The number of methoxy groups -OCH3 is 1. The van der Waals surface area contributed by atoms with Crippen molar-refractivity contribution in [3.63, 3.8) is 0 Å². The molecule has 0 radical (unpaired) electrons. The third-order valence-electron chi connectivity index (χ3n) is 4.49. The summed E-state index contributed by atoms with van der Waals surface area (Å²) < 4.78 is 15.9. The Kier molecular flexibility index (Phi) is 12.2. The van der Waals surface area contributed by atoms with Crippen molar-refractivity contribution in [1.82, 2.24) is 15.1 Å². The van der Waals surface area contributed by atoms with Gasteiger partial charge in [0.25, 0.3) is 5.91 Å². The first-order chi connectivity index (χ1) is 12.3. The van der Waals surface area contributed by atoms with Crippen LogP contribution in [0.1, 0.15) is 19.3 Å². The minimum Gasteiger partial charge on any atom is -0.382 e. The van der Waals surface area contributed by atoms with Crippen LogP contribution in [0, 0.1) is 0 Å². The highest BCUT2D eigenvalue weighted by Gasteiger charge is 2.30. The van der Waals surface area contributed by atoms with Crippen molar-refractivity contribution in [2.24, 2.45) is 4.99 Å². The van der Waals surface area contributed by atoms with Crippen LogP contribution < -0.4 is 5.32 Å². The topological polar surface area (TPSA) is 75.6 Å². The number of carbonyl (C=O) groups is 1. The van der Waals surface area contributed by atoms with Crippen molar-refractivity contribution in [3.8, 4) is 0 Å². The number of ether oxygens (including phenoxy) is 3. The highest BCUT2D eigenvalue weighted by Crippen LogP contribution is 2.16. The zero-order chi connectivity index (χ0) is 17.9. The van der Waals surface area contributed by atoms with Crippen molar-refractivity contribution >= 4 is 35.8 Å². The Bertz CT molecular complexity index is 425. The molecule has 1 atom stereocenters. The van der Waals surface area contributed by atoms with Crippen molar-refractivity contribution < 1.29 is 19.0 Å². The minimum absolute atomic E-state index is 0. The van der Waals surface area contributed by atoms with Crippen molar-refractivity contribution in [2.75, 3.05) is 73.3 Å². The summed E-state index contributed by atoms with van der Waals surface area (Å²) in [7, 11) is 3.46. The van der Waals surface area contributed by atoms with Gasteiger partial charge in [0.05, 0.1) is 13.2 Å². The Morgan fingerprint density at radius 2 is 1.92 bits per heavy atom. The van der Waals surface area contributed by atoms with E-state index in [1.165, 1.54) is 0 Å². The number of nitrogens with one attached hydrogen (secondary N) is 1. The van der Waals surface area contributed by atoms with Gasteiger partial charge in [0.15, 0.2) is 5.96 Å². The molecule has 2 aliphatic rings. The van der Waals surface area contributed by atoms with Gasteiger partial charge in [-0.25, -0.2) is 0 Å². The minimum atomic E-state index is -0.220. The largest absolute Gasteiger partial charge is 0.382 e. The highest BCUT2D eigenvalue weighted by molar-refractivity contribution is 14.0. The summed E-state index contributed by atoms with van der Waals surface area (Å²) in [4.78, 5) is 20.8. The van der Waals surface area contributed by atoms with Gasteiger partial charge in [0, 0.05) is 60.1 Å². The number of carbonyl (C=O) groups excluding carboxylic acids is 1. The maximum atomic E-state index is 12.4. The lowest BCUT2D eigenvalue weighted by atomic mass is 10.2. The number of nitrogens with zero attached hydrogens (tertiary/aromatic N) is 3. The van der Waals surface area contributed by atoms with Crippen LogP contribution in [-0.4, -0.2) is 101 Å². The average Bonchev–Trinajstić information content (AvgIpc) is 3.18. The number of hydrogen-bond donors (Lipinski definition) is 1. The molecule has 0 spiro atoms. The lowest BCUT2D eigenvalue weighted by molar-refractivity contribution is -0.142. The van der Waals surface area contributed by atoms with Gasteiger partial charge in [-0.05, 0) is 19.3 Å². The normalized spacial score (nSPS) is 20.8. The maximum Gasteiger partial charge on any atom is 0.251 e. The van der Waals surface area contributed by atoms with Gasteiger partial charge >= 0.3 is 0 Å². The summed E-state index contributed by atoms with van der Waals surface area (Å²) in [5.41, 5.74) is 0. The molecular formula is C17H33IN4O4. The van der Waals surface area contributed by atoms with Crippen molar-refractivity contribution in [3.05, 3.63) is 0 Å². The molecule has 26 heavy (non-hydrogen) atoms. The lowest BCUT2D eigenvalue weighted by Crippen LogP contribution is -2.55. The van der Waals surface area contributed by atoms with E-state index in [1.54, 1.807) is 14.2 Å². The van der Waals surface area contributed by atoms with Crippen LogP contribution in [0.25, 0.3) is 0 Å². The third-order valence-corrected chi connectivity index (χ3v) is 4.49. The number of rotatable bonds is 8. The molecule has 0 aromatic carbocycles. The number of amides is 1. The molecule has 0 bridgehead atoms. The van der Waals surface area contributed by atoms with Gasteiger partial charge in [-0.1, -0.05) is 0 Å². The molecule has 8 nitrogen and oxygen atoms in total. The van der Waals surface area contributed by atoms with E-state index in [1.807, 2.05) is 4.90 Å². The first kappa shape index (κ1) is 23.4. The molecule has 9 heteroatoms. The Morgan fingerprint density at radius 1 is 1.19 bits per heavy atom. The van der Waals surface area contributed by atoms with Crippen LogP contribution >= 0.6 is 24.0 Å². The number of guanidine groups is 1. The van der Waals surface area contributed by atoms with Crippen LogP contribution in [0.5, 0.6) is 0 Å². The average molecular weight is 484 g/mol. The molecule has 1 unspecified atom stereocenters. The van der Waals surface area contributed by atoms with Crippen molar-refractivity contribution in [2.45, 2.75) is 25.4 Å². The van der Waals surface area contributed by atoms with Gasteiger partial charge in [-0.2, -0.15) is 0 Å². The van der Waals surface area contributed by atoms with Crippen LogP contribution in [0.15, 0.2) is 4.99 Å². The number of hydrogen-bond acceptors (Lipinski definition) is 5. The lowest BCUT2D eigenvalue weighted by Gasteiger charge is -2.37. The second-order valence-electron chi connectivity index (χ2n) is 6.25. The summed E-state index contributed by atoms with van der Waals surface area (Å²) in [6, 6.07) is 0. The Labute approximate surface area is 173 Å². The van der Waals surface area contributed by atoms with Gasteiger partial charge in [0.2, 0.25) is 0 Å². The number of halogens is 1. The van der Waals surface area contributed by atoms with Crippen LogP contribution in [0.4, 0.5) is 0 Å². The zero-order valence-corrected chi connectivity index (χ0v) is 18.3. The number of aliphatic imine (C=N–C) groups is 1. The van der Waals surface area contributed by atoms with E-state index in [4.69, 9.17) is 14.2 Å². The van der Waals surface area contributed by atoms with Crippen LogP contribution in [0.3, 0.4) is 0 Å². The van der Waals surface area contributed by atoms with Gasteiger partial charge in [-0.3, -0.25) is 9.79 Å². The fourth-order valence-electron chi connectivity index (χ4n) is 3.07. The molecule has 1 N–H and O–H groups in total. The summed E-state index contributed by atoms with van der Waals surface area (Å²) >= 11 is 0. The Balaban J connectivity index is 0.00000338. The van der Waals surface area contributed by atoms with Gasteiger partial charge < -0.3 is 29.3 Å². The van der Waals surface area contributed by atoms with E-state index >= 15 is 0 Å². The van der Waals surface area contributed by atoms with E-state index < -0.39 is 0 Å². The molecule has 0 aromatic rings. The predicted octanol–water partition coefficient (Wildman–Crippen LogP) is 0.556. The first-order valence-corrected chi connectivity index (χ1v) is 9.19. The standard InChI is InChI=1S/C17H32N4O4.HI/c1-18-17(19-6-4-11-24-14-13-23-2)21-9-7-20(8-10-21)16(22)15-5-3-12-25-15;/h15H,3-14H2,1-2H3,(H,18,19);1H. The number of piperazine rings is 1. The first-order valence-electron chi connectivity index (χ1n) is 9.19. The molecule has 2 rings (SSSR count). The summed E-state index contributed by atoms with van der Waals surface area (Å²) in [5.74, 6) is 1.04. The summed E-state index contributed by atoms with van der Waals surface area (Å²) in [6.45, 7) is 6.52. The highest BCUT2D eigenvalue weighted by atomic mass is 127. The van der Waals surface area contributed by atoms with Gasteiger partial charge in [0.1, 0.15) is 6.10 Å². The molecule has 0 aliphatic carbocycles. The molecule has 2 aliphatic heterocycles. The second kappa shape index (κ2) is 13.5. The fraction of sp³-hybridized carbons (Fsp3) is 0.882. The van der Waals surface area contributed by atoms with E-state index in [0.29, 0.717) is 26.4 Å². The smallest absolute Gasteiger partial charge is 0.251 e. The monoisotopic (exact) mass is 484 g/mol. The van der Waals surface area contributed by atoms with E-state index in [9.17, 15) is 4.79 Å².